The predicted molar refractivity (Wildman–Crippen MR) is 115 cm³/mol. The number of carbonyl (C=O) groups is 2. The molecule has 0 spiro atoms. The summed E-state index contributed by atoms with van der Waals surface area (Å²) in [4.78, 5) is 40.6. The second kappa shape index (κ2) is 7.85. The Morgan fingerprint density at radius 1 is 1.16 bits per heavy atom. The van der Waals surface area contributed by atoms with E-state index in [4.69, 9.17) is 0 Å². The fraction of sp³-hybridized carbons (Fsp3) is 0.458. The number of benzene rings is 1. The zero-order valence-corrected chi connectivity index (χ0v) is 17.8. The normalized spacial score (nSPS) is 26.4. The molecule has 7 nitrogen and oxygen atoms in total. The van der Waals surface area contributed by atoms with Gasteiger partial charge in [-0.15, -0.1) is 0 Å². The second-order valence-corrected chi connectivity index (χ2v) is 9.06. The van der Waals surface area contributed by atoms with E-state index in [0.29, 0.717) is 23.4 Å². The number of aromatic nitrogens is 1. The van der Waals surface area contributed by atoms with E-state index in [9.17, 15) is 23.9 Å². The van der Waals surface area contributed by atoms with Crippen LogP contribution in [-0.2, 0) is 16.1 Å². The van der Waals surface area contributed by atoms with Crippen LogP contribution in [0.5, 0.6) is 0 Å². The fourth-order valence-electron chi connectivity index (χ4n) is 5.54. The molecular formula is C24H26FN3O4. The van der Waals surface area contributed by atoms with Crippen molar-refractivity contribution in [2.24, 2.45) is 11.8 Å². The lowest BCUT2D eigenvalue weighted by atomic mass is 9.87. The molecule has 0 unspecified atom stereocenters. The summed E-state index contributed by atoms with van der Waals surface area (Å²) in [6.07, 6.45) is 2.94. The molecule has 168 valence electrons. The molecule has 0 radical (unpaired) electrons. The van der Waals surface area contributed by atoms with Crippen molar-refractivity contribution in [1.29, 1.82) is 0 Å². The van der Waals surface area contributed by atoms with E-state index in [1.807, 2.05) is 0 Å². The molecule has 1 aliphatic carbocycles. The lowest BCUT2D eigenvalue weighted by molar-refractivity contribution is -0.140. The number of nitrogens with zero attached hydrogens (tertiary/aromatic N) is 2. The number of rotatable bonds is 4. The van der Waals surface area contributed by atoms with Gasteiger partial charge >= 0.3 is 0 Å². The first kappa shape index (κ1) is 20.9. The van der Waals surface area contributed by atoms with Crippen LogP contribution in [-0.4, -0.2) is 45.1 Å². The quantitative estimate of drug-likeness (QED) is 0.761. The van der Waals surface area contributed by atoms with Gasteiger partial charge in [0, 0.05) is 49.2 Å². The Morgan fingerprint density at radius 3 is 2.47 bits per heavy atom. The number of aliphatic hydroxyl groups is 1. The maximum atomic E-state index is 13.3. The molecule has 1 aromatic heterocycles. The summed E-state index contributed by atoms with van der Waals surface area (Å²) in [7, 11) is 0. The van der Waals surface area contributed by atoms with Gasteiger partial charge in [0.2, 0.25) is 11.8 Å². The van der Waals surface area contributed by atoms with Crippen LogP contribution in [0.25, 0.3) is 11.1 Å². The van der Waals surface area contributed by atoms with Crippen molar-refractivity contribution in [2.45, 2.75) is 50.9 Å². The summed E-state index contributed by atoms with van der Waals surface area (Å²) >= 11 is 0. The van der Waals surface area contributed by atoms with Crippen LogP contribution in [0.2, 0.25) is 0 Å². The topological polar surface area (TPSA) is 91.6 Å². The fourth-order valence-corrected chi connectivity index (χ4v) is 5.54. The van der Waals surface area contributed by atoms with E-state index >= 15 is 0 Å². The van der Waals surface area contributed by atoms with E-state index < -0.39 is 18.0 Å². The van der Waals surface area contributed by atoms with Gasteiger partial charge < -0.3 is 19.9 Å². The third kappa shape index (κ3) is 3.16. The van der Waals surface area contributed by atoms with Gasteiger partial charge in [-0.2, -0.15) is 0 Å². The predicted octanol–water partition coefficient (Wildman–Crippen LogP) is 1.83. The average molecular weight is 439 g/mol. The summed E-state index contributed by atoms with van der Waals surface area (Å²) in [5.74, 6) is -1.56. The number of hydrogen-bond acceptors (Lipinski definition) is 4. The van der Waals surface area contributed by atoms with E-state index in [1.54, 1.807) is 33.7 Å². The van der Waals surface area contributed by atoms with Gasteiger partial charge in [-0.3, -0.25) is 14.4 Å². The third-order valence-electron chi connectivity index (χ3n) is 7.31. The third-order valence-corrected chi connectivity index (χ3v) is 7.31. The van der Waals surface area contributed by atoms with Crippen molar-refractivity contribution in [3.63, 3.8) is 0 Å². The molecule has 3 aliphatic rings. The van der Waals surface area contributed by atoms with Crippen molar-refractivity contribution >= 4 is 11.8 Å². The molecule has 5 rings (SSSR count). The van der Waals surface area contributed by atoms with Crippen LogP contribution in [0, 0.1) is 17.7 Å². The molecule has 4 atom stereocenters. The molecule has 2 N–H and O–H groups in total. The van der Waals surface area contributed by atoms with Gasteiger partial charge in [0.15, 0.2) is 0 Å². The largest absolute Gasteiger partial charge is 0.396 e. The minimum atomic E-state index is -0.756. The number of likely N-dealkylation sites (tertiary alicyclic amines) is 1. The first-order valence-corrected chi connectivity index (χ1v) is 11.1. The molecule has 2 aliphatic heterocycles. The summed E-state index contributed by atoms with van der Waals surface area (Å²) in [5, 5.41) is 13.2. The number of fused-ring (bicyclic) bond motifs is 3. The number of halogens is 1. The number of nitrogens with one attached hydrogen (secondary N) is 1. The second-order valence-electron chi connectivity index (χ2n) is 9.06. The van der Waals surface area contributed by atoms with Gasteiger partial charge in [-0.25, -0.2) is 4.39 Å². The number of aliphatic hydroxyl groups excluding tert-OH is 1. The highest BCUT2D eigenvalue weighted by atomic mass is 19.1. The number of amides is 2. The van der Waals surface area contributed by atoms with E-state index in [1.165, 1.54) is 19.1 Å². The minimum absolute atomic E-state index is 0.129. The Bertz CT molecular complexity index is 1130. The van der Waals surface area contributed by atoms with Crippen molar-refractivity contribution in [3.05, 3.63) is 58.3 Å². The standard InChI is InChI=1S/C24H26FN3O4/c1-13(30)28-21-18(19(12-29)22(28)23(31)26-16-3-2-4-16)11-27-20(21)10-9-17(24(27)32)14-5-7-15(25)8-6-14/h5-10,16,18-19,21-22,29H,2-4,11-12H2,1H3,(H,26,31)/t18-,19-,21+,22-/m1/s1. The summed E-state index contributed by atoms with van der Waals surface area (Å²) in [6, 6.07) is 8.17. The maximum Gasteiger partial charge on any atom is 0.258 e. The van der Waals surface area contributed by atoms with Crippen molar-refractivity contribution < 1.29 is 19.1 Å². The Balaban J connectivity index is 1.53. The smallest absolute Gasteiger partial charge is 0.258 e. The highest BCUT2D eigenvalue weighted by molar-refractivity contribution is 5.88. The summed E-state index contributed by atoms with van der Waals surface area (Å²) in [5.41, 5.74) is 1.50. The number of carbonyl (C=O) groups excluding carboxylic acids is 2. The molecular weight excluding hydrogens is 413 g/mol. The molecule has 8 heteroatoms. The Kier molecular flexibility index (Phi) is 5.12. The van der Waals surface area contributed by atoms with Crippen molar-refractivity contribution in [2.75, 3.05) is 6.61 Å². The van der Waals surface area contributed by atoms with Gasteiger partial charge in [0.1, 0.15) is 11.9 Å². The lowest BCUT2D eigenvalue weighted by Gasteiger charge is -2.33. The highest BCUT2D eigenvalue weighted by Gasteiger charge is 2.56. The zero-order valence-electron chi connectivity index (χ0n) is 17.8. The molecule has 2 fully saturated rings. The zero-order chi connectivity index (χ0) is 22.6. The molecule has 1 saturated carbocycles. The van der Waals surface area contributed by atoms with Crippen LogP contribution in [0.15, 0.2) is 41.2 Å². The molecule has 0 bridgehead atoms. The number of hydrogen-bond donors (Lipinski definition) is 2. The van der Waals surface area contributed by atoms with E-state index in [2.05, 4.69) is 5.32 Å². The molecule has 32 heavy (non-hydrogen) atoms. The number of pyridine rings is 1. The van der Waals surface area contributed by atoms with Crippen LogP contribution in [0.4, 0.5) is 4.39 Å². The molecule has 3 heterocycles. The molecule has 2 amide bonds. The van der Waals surface area contributed by atoms with E-state index in [0.717, 1.165) is 19.3 Å². The van der Waals surface area contributed by atoms with Gasteiger partial charge in [0.05, 0.1) is 6.04 Å². The first-order chi connectivity index (χ1) is 15.4. The van der Waals surface area contributed by atoms with Crippen LogP contribution >= 0.6 is 0 Å². The first-order valence-electron chi connectivity index (χ1n) is 11.1. The summed E-state index contributed by atoms with van der Waals surface area (Å²) in [6.45, 7) is 1.49. The average Bonchev–Trinajstić information content (AvgIpc) is 3.26. The Morgan fingerprint density at radius 2 is 1.88 bits per heavy atom. The SMILES string of the molecule is CC(=O)N1[C@@H]2c3ccc(-c4ccc(F)cc4)c(=O)n3C[C@@H]2[C@@H](CO)[C@@H]1C(=O)NC1CCC1. The van der Waals surface area contributed by atoms with Gasteiger partial charge in [-0.1, -0.05) is 12.1 Å². The van der Waals surface area contributed by atoms with Gasteiger partial charge in [0.25, 0.3) is 5.56 Å². The highest BCUT2D eigenvalue weighted by Crippen LogP contribution is 2.49. The van der Waals surface area contributed by atoms with Crippen LogP contribution in [0.1, 0.15) is 37.9 Å². The molecule has 1 saturated heterocycles. The van der Waals surface area contributed by atoms with Crippen LogP contribution < -0.4 is 10.9 Å². The lowest BCUT2D eigenvalue weighted by Crippen LogP contribution is -2.53. The van der Waals surface area contributed by atoms with Crippen LogP contribution in [0.3, 0.4) is 0 Å². The Labute approximate surface area is 184 Å². The van der Waals surface area contributed by atoms with E-state index in [-0.39, 0.29) is 41.8 Å². The monoisotopic (exact) mass is 439 g/mol. The van der Waals surface area contributed by atoms with Crippen molar-refractivity contribution in [1.82, 2.24) is 14.8 Å². The maximum absolute atomic E-state index is 13.3. The molecule has 2 aromatic rings. The van der Waals surface area contributed by atoms with Gasteiger partial charge in [-0.05, 0) is 49.1 Å². The Hall–Kier alpha value is -3.00. The summed E-state index contributed by atoms with van der Waals surface area (Å²) < 4.78 is 14.9. The minimum Gasteiger partial charge on any atom is -0.396 e. The van der Waals surface area contributed by atoms with Crippen molar-refractivity contribution in [3.8, 4) is 11.1 Å². The molecule has 1 aromatic carbocycles.